The molecule has 4 nitrogen and oxygen atoms in total. The Kier molecular flexibility index (Phi) is 2.23. The van der Waals surface area contributed by atoms with E-state index in [2.05, 4.69) is 34.2 Å². The zero-order valence-corrected chi connectivity index (χ0v) is 9.62. The molecule has 2 aromatic heterocycles. The SMILES string of the molecule is Cc1[nH]c2ccccc2c1-c1[nH]ncc1CN. The number of nitrogens with one attached hydrogen (secondary N) is 2. The first-order valence-corrected chi connectivity index (χ1v) is 5.61. The van der Waals surface area contributed by atoms with Gasteiger partial charge < -0.3 is 10.7 Å². The van der Waals surface area contributed by atoms with Crippen LogP contribution in [0, 0.1) is 6.92 Å². The highest BCUT2D eigenvalue weighted by atomic mass is 15.1. The van der Waals surface area contributed by atoms with E-state index in [0.717, 1.165) is 22.5 Å². The van der Waals surface area contributed by atoms with Crippen molar-refractivity contribution < 1.29 is 0 Å². The summed E-state index contributed by atoms with van der Waals surface area (Å²) >= 11 is 0. The first kappa shape index (κ1) is 10.1. The monoisotopic (exact) mass is 226 g/mol. The average molecular weight is 226 g/mol. The Morgan fingerprint density at radius 3 is 2.94 bits per heavy atom. The fourth-order valence-electron chi connectivity index (χ4n) is 2.28. The number of hydrogen-bond acceptors (Lipinski definition) is 2. The van der Waals surface area contributed by atoms with Crippen LogP contribution in [0.15, 0.2) is 30.5 Å². The van der Waals surface area contributed by atoms with Gasteiger partial charge in [0, 0.05) is 34.3 Å². The van der Waals surface area contributed by atoms with Crippen molar-refractivity contribution in [2.45, 2.75) is 13.5 Å². The molecule has 0 saturated heterocycles. The third kappa shape index (κ3) is 1.45. The second kappa shape index (κ2) is 3.75. The Balaban J connectivity index is 2.33. The van der Waals surface area contributed by atoms with Crippen LogP contribution in [-0.2, 0) is 6.54 Å². The molecule has 0 unspecified atom stereocenters. The number of rotatable bonds is 2. The van der Waals surface area contributed by atoms with Gasteiger partial charge in [-0.25, -0.2) is 0 Å². The van der Waals surface area contributed by atoms with Crippen molar-refractivity contribution in [3.05, 3.63) is 41.7 Å². The lowest BCUT2D eigenvalue weighted by Gasteiger charge is -2.01. The lowest BCUT2D eigenvalue weighted by molar-refractivity contribution is 1.08. The summed E-state index contributed by atoms with van der Waals surface area (Å²) in [5.41, 5.74) is 11.2. The molecule has 0 radical (unpaired) electrons. The third-order valence-electron chi connectivity index (χ3n) is 3.08. The van der Waals surface area contributed by atoms with E-state index < -0.39 is 0 Å². The van der Waals surface area contributed by atoms with E-state index >= 15 is 0 Å². The van der Waals surface area contributed by atoms with Gasteiger partial charge in [-0.3, -0.25) is 5.10 Å². The highest BCUT2D eigenvalue weighted by molar-refractivity contribution is 5.97. The summed E-state index contributed by atoms with van der Waals surface area (Å²) in [4.78, 5) is 3.38. The molecule has 0 aliphatic carbocycles. The first-order chi connectivity index (χ1) is 8.31. The molecule has 86 valence electrons. The average Bonchev–Trinajstić information content (AvgIpc) is 2.90. The molecule has 0 spiro atoms. The standard InChI is InChI=1S/C13H14N4/c1-8-12(13-9(6-14)7-15-17-13)10-4-2-3-5-11(10)16-8/h2-5,7,16H,6,14H2,1H3,(H,15,17). The number of hydrogen-bond donors (Lipinski definition) is 3. The minimum atomic E-state index is 0.491. The van der Waals surface area contributed by atoms with Gasteiger partial charge in [0.1, 0.15) is 0 Å². The van der Waals surface area contributed by atoms with Gasteiger partial charge in [0.2, 0.25) is 0 Å². The van der Waals surface area contributed by atoms with Crippen LogP contribution >= 0.6 is 0 Å². The molecule has 3 aromatic rings. The van der Waals surface area contributed by atoms with E-state index in [0.29, 0.717) is 6.54 Å². The van der Waals surface area contributed by atoms with Crippen molar-refractivity contribution in [1.29, 1.82) is 0 Å². The Morgan fingerprint density at radius 2 is 2.12 bits per heavy atom. The van der Waals surface area contributed by atoms with Crippen LogP contribution in [0.4, 0.5) is 0 Å². The molecular formula is C13H14N4. The number of benzene rings is 1. The van der Waals surface area contributed by atoms with Crippen LogP contribution in [0.2, 0.25) is 0 Å². The minimum Gasteiger partial charge on any atom is -0.358 e. The quantitative estimate of drug-likeness (QED) is 0.627. The Hall–Kier alpha value is -2.07. The number of aryl methyl sites for hydroxylation is 1. The van der Waals surface area contributed by atoms with E-state index in [9.17, 15) is 0 Å². The van der Waals surface area contributed by atoms with Crippen molar-refractivity contribution in [1.82, 2.24) is 15.2 Å². The van der Waals surface area contributed by atoms with Gasteiger partial charge in [-0.05, 0) is 13.0 Å². The van der Waals surface area contributed by atoms with Crippen LogP contribution in [-0.4, -0.2) is 15.2 Å². The summed E-state index contributed by atoms with van der Waals surface area (Å²) in [7, 11) is 0. The maximum absolute atomic E-state index is 5.73. The van der Waals surface area contributed by atoms with Crippen molar-refractivity contribution in [2.75, 3.05) is 0 Å². The van der Waals surface area contributed by atoms with Crippen molar-refractivity contribution in [3.63, 3.8) is 0 Å². The second-order valence-corrected chi connectivity index (χ2v) is 4.14. The number of H-pyrrole nitrogens is 2. The smallest absolute Gasteiger partial charge is 0.0719 e. The molecule has 0 saturated carbocycles. The molecule has 2 heterocycles. The molecule has 0 fully saturated rings. The van der Waals surface area contributed by atoms with Gasteiger partial charge in [-0.2, -0.15) is 5.10 Å². The molecule has 0 aliphatic heterocycles. The molecule has 17 heavy (non-hydrogen) atoms. The van der Waals surface area contributed by atoms with Crippen molar-refractivity contribution >= 4 is 10.9 Å². The van der Waals surface area contributed by atoms with Crippen LogP contribution in [0.1, 0.15) is 11.3 Å². The molecule has 0 atom stereocenters. The predicted molar refractivity (Wildman–Crippen MR) is 68.5 cm³/mol. The van der Waals surface area contributed by atoms with Crippen LogP contribution < -0.4 is 5.73 Å². The molecule has 4 heteroatoms. The summed E-state index contributed by atoms with van der Waals surface area (Å²) in [6.07, 6.45) is 1.79. The van der Waals surface area contributed by atoms with Gasteiger partial charge in [-0.15, -0.1) is 0 Å². The van der Waals surface area contributed by atoms with Gasteiger partial charge in [-0.1, -0.05) is 18.2 Å². The number of fused-ring (bicyclic) bond motifs is 1. The van der Waals surface area contributed by atoms with E-state index in [1.165, 1.54) is 10.9 Å². The van der Waals surface area contributed by atoms with Crippen molar-refractivity contribution in [3.8, 4) is 11.3 Å². The van der Waals surface area contributed by atoms with Crippen LogP contribution in [0.3, 0.4) is 0 Å². The zero-order chi connectivity index (χ0) is 11.8. The fraction of sp³-hybridized carbons (Fsp3) is 0.154. The largest absolute Gasteiger partial charge is 0.358 e. The Bertz CT molecular complexity index is 663. The summed E-state index contributed by atoms with van der Waals surface area (Å²) in [6.45, 7) is 2.56. The second-order valence-electron chi connectivity index (χ2n) is 4.14. The molecule has 4 N–H and O–H groups in total. The van der Waals surface area contributed by atoms with Gasteiger partial charge in [0.05, 0.1) is 11.9 Å². The molecule has 0 aliphatic rings. The fourth-order valence-corrected chi connectivity index (χ4v) is 2.28. The molecule has 0 bridgehead atoms. The Morgan fingerprint density at radius 1 is 1.29 bits per heavy atom. The highest BCUT2D eigenvalue weighted by Crippen LogP contribution is 2.32. The topological polar surface area (TPSA) is 70.5 Å². The summed E-state index contributed by atoms with van der Waals surface area (Å²) in [5, 5.41) is 8.32. The highest BCUT2D eigenvalue weighted by Gasteiger charge is 2.14. The maximum Gasteiger partial charge on any atom is 0.0719 e. The van der Waals surface area contributed by atoms with Crippen molar-refractivity contribution in [2.24, 2.45) is 5.73 Å². The van der Waals surface area contributed by atoms with Gasteiger partial charge >= 0.3 is 0 Å². The lowest BCUT2D eigenvalue weighted by Crippen LogP contribution is -1.96. The minimum absolute atomic E-state index is 0.491. The number of nitrogens with two attached hydrogens (primary N) is 1. The Labute approximate surface area is 98.8 Å². The van der Waals surface area contributed by atoms with E-state index in [1.54, 1.807) is 6.20 Å². The number of aromatic amines is 2. The maximum atomic E-state index is 5.73. The third-order valence-corrected chi connectivity index (χ3v) is 3.08. The molecule has 1 aromatic carbocycles. The van der Waals surface area contributed by atoms with E-state index in [-0.39, 0.29) is 0 Å². The summed E-state index contributed by atoms with van der Waals surface area (Å²) in [5.74, 6) is 0. The number of aromatic nitrogens is 3. The summed E-state index contributed by atoms with van der Waals surface area (Å²) in [6, 6.07) is 8.25. The molecular weight excluding hydrogens is 212 g/mol. The summed E-state index contributed by atoms with van der Waals surface area (Å²) < 4.78 is 0. The normalized spacial score (nSPS) is 11.2. The van der Waals surface area contributed by atoms with Gasteiger partial charge in [0.15, 0.2) is 0 Å². The van der Waals surface area contributed by atoms with Gasteiger partial charge in [0.25, 0.3) is 0 Å². The molecule has 3 rings (SSSR count). The first-order valence-electron chi connectivity index (χ1n) is 5.61. The predicted octanol–water partition coefficient (Wildman–Crippen LogP) is 2.33. The molecule has 0 amide bonds. The van der Waals surface area contributed by atoms with Crippen LogP contribution in [0.25, 0.3) is 22.2 Å². The lowest BCUT2D eigenvalue weighted by atomic mass is 10.0. The number of para-hydroxylation sites is 1. The van der Waals surface area contributed by atoms with Crippen LogP contribution in [0.5, 0.6) is 0 Å². The van der Waals surface area contributed by atoms with E-state index in [1.807, 2.05) is 12.1 Å². The number of nitrogens with zero attached hydrogens (tertiary/aromatic N) is 1. The zero-order valence-electron chi connectivity index (χ0n) is 9.62. The van der Waals surface area contributed by atoms with E-state index in [4.69, 9.17) is 5.73 Å².